The van der Waals surface area contributed by atoms with Gasteiger partial charge in [0.15, 0.2) is 0 Å². The third-order valence-corrected chi connectivity index (χ3v) is 2.76. The summed E-state index contributed by atoms with van der Waals surface area (Å²) >= 11 is 0. The molecule has 16 heavy (non-hydrogen) atoms. The van der Waals surface area contributed by atoms with Crippen LogP contribution in [0.15, 0.2) is 11.8 Å². The van der Waals surface area contributed by atoms with E-state index in [1.165, 1.54) is 6.20 Å². The molecule has 0 radical (unpaired) electrons. The van der Waals surface area contributed by atoms with E-state index in [0.717, 1.165) is 0 Å². The van der Waals surface area contributed by atoms with Gasteiger partial charge in [0.25, 0.3) is 5.78 Å². The van der Waals surface area contributed by atoms with E-state index >= 15 is 0 Å². The van der Waals surface area contributed by atoms with Gasteiger partial charge in [-0.1, -0.05) is 0 Å². The van der Waals surface area contributed by atoms with Crippen molar-refractivity contribution < 1.29 is 22.7 Å². The largest absolute Gasteiger partial charge is 0.454 e. The molecule has 90 valence electrons. The van der Waals surface area contributed by atoms with E-state index in [4.69, 9.17) is 4.74 Å². The lowest BCUT2D eigenvalue weighted by atomic mass is 10.0. The third-order valence-electron chi connectivity index (χ3n) is 2.76. The number of fused-ring (bicyclic) bond motifs is 1. The van der Waals surface area contributed by atoms with Crippen LogP contribution >= 0.6 is 0 Å². The molecule has 1 saturated heterocycles. The molecule has 2 aliphatic heterocycles. The fraction of sp³-hybridized carbons (Fsp3) is 0.700. The van der Waals surface area contributed by atoms with Gasteiger partial charge in [-0.15, -0.1) is 0 Å². The maximum Gasteiger partial charge on any atom is 0.454 e. The van der Waals surface area contributed by atoms with E-state index in [0.29, 0.717) is 13.0 Å². The molecule has 0 spiro atoms. The van der Waals surface area contributed by atoms with Gasteiger partial charge in [0, 0.05) is 18.3 Å². The number of hydrogen-bond donors (Lipinski definition) is 0. The lowest BCUT2D eigenvalue weighted by Crippen LogP contribution is -2.33. The normalized spacial score (nSPS) is 30.0. The molecule has 3 nitrogen and oxygen atoms in total. The molecule has 2 rings (SSSR count). The third kappa shape index (κ3) is 2.07. The van der Waals surface area contributed by atoms with E-state index in [9.17, 15) is 18.0 Å². The average molecular weight is 235 g/mol. The Morgan fingerprint density at radius 1 is 1.56 bits per heavy atom. The van der Waals surface area contributed by atoms with Crippen molar-refractivity contribution in [1.29, 1.82) is 0 Å². The van der Waals surface area contributed by atoms with Gasteiger partial charge in [-0.3, -0.25) is 4.79 Å². The molecule has 0 amide bonds. The number of rotatable bonds is 1. The van der Waals surface area contributed by atoms with E-state index in [-0.39, 0.29) is 24.3 Å². The minimum atomic E-state index is -4.77. The Kier molecular flexibility index (Phi) is 2.69. The number of halogens is 3. The van der Waals surface area contributed by atoms with Gasteiger partial charge in [0.05, 0.1) is 6.10 Å². The van der Waals surface area contributed by atoms with Crippen LogP contribution in [0.25, 0.3) is 0 Å². The monoisotopic (exact) mass is 235 g/mol. The van der Waals surface area contributed by atoms with Crippen LogP contribution in [0.2, 0.25) is 0 Å². The van der Waals surface area contributed by atoms with Gasteiger partial charge < -0.3 is 9.64 Å². The maximum atomic E-state index is 12.2. The van der Waals surface area contributed by atoms with Crippen LogP contribution in [0.1, 0.15) is 19.8 Å². The van der Waals surface area contributed by atoms with E-state index in [2.05, 4.69) is 0 Å². The summed E-state index contributed by atoms with van der Waals surface area (Å²) in [5, 5.41) is 0. The molecule has 2 unspecified atom stereocenters. The number of carbonyl (C=O) groups is 1. The molecule has 6 heteroatoms. The lowest BCUT2D eigenvalue weighted by Gasteiger charge is -2.27. The minimum absolute atomic E-state index is 0.00147. The first-order valence-corrected chi connectivity index (χ1v) is 5.11. The lowest BCUT2D eigenvalue weighted by molar-refractivity contribution is -0.167. The van der Waals surface area contributed by atoms with Crippen LogP contribution < -0.4 is 0 Å². The molecule has 0 aromatic carbocycles. The molecule has 0 aromatic rings. The minimum Gasteiger partial charge on any atom is -0.354 e. The van der Waals surface area contributed by atoms with Crippen LogP contribution in [0.3, 0.4) is 0 Å². The van der Waals surface area contributed by atoms with Gasteiger partial charge >= 0.3 is 6.18 Å². The van der Waals surface area contributed by atoms with E-state index < -0.39 is 12.0 Å². The van der Waals surface area contributed by atoms with Crippen LogP contribution in [0.4, 0.5) is 13.2 Å². The SMILES string of the molecule is CC1CN2C=C(C(=O)C(F)(F)F)CCC2O1. The summed E-state index contributed by atoms with van der Waals surface area (Å²) in [6.45, 7) is 2.40. The Morgan fingerprint density at radius 3 is 2.88 bits per heavy atom. The van der Waals surface area contributed by atoms with Crippen molar-refractivity contribution in [3.05, 3.63) is 11.8 Å². The zero-order chi connectivity index (χ0) is 11.9. The molecule has 0 saturated carbocycles. The highest BCUT2D eigenvalue weighted by atomic mass is 19.4. The topological polar surface area (TPSA) is 29.5 Å². The number of hydrogen-bond acceptors (Lipinski definition) is 3. The quantitative estimate of drug-likeness (QED) is 0.694. The fourth-order valence-electron chi connectivity index (χ4n) is 2.07. The summed E-state index contributed by atoms with van der Waals surface area (Å²) in [4.78, 5) is 12.7. The number of carbonyl (C=O) groups excluding carboxylic acids is 1. The predicted molar refractivity (Wildman–Crippen MR) is 49.4 cm³/mol. The number of ketones is 1. The summed E-state index contributed by atoms with van der Waals surface area (Å²) in [6, 6.07) is 0. The van der Waals surface area contributed by atoms with Crippen LogP contribution in [-0.4, -0.2) is 35.7 Å². The first-order chi connectivity index (χ1) is 7.38. The van der Waals surface area contributed by atoms with Crippen LogP contribution in [0, 0.1) is 0 Å². The fourth-order valence-corrected chi connectivity index (χ4v) is 2.07. The van der Waals surface area contributed by atoms with Gasteiger partial charge in [-0.2, -0.15) is 13.2 Å². The van der Waals surface area contributed by atoms with E-state index in [1.54, 1.807) is 4.90 Å². The van der Waals surface area contributed by atoms with Crippen LogP contribution in [-0.2, 0) is 9.53 Å². The first kappa shape index (κ1) is 11.4. The first-order valence-electron chi connectivity index (χ1n) is 5.11. The highest BCUT2D eigenvalue weighted by Crippen LogP contribution is 2.31. The standard InChI is InChI=1S/C10H12F3NO2/c1-6-4-14-5-7(2-3-8(14)16-6)9(15)10(11,12)13/h5-6,8H,2-4H2,1H3. The second-order valence-corrected chi connectivity index (χ2v) is 4.12. The van der Waals surface area contributed by atoms with Gasteiger partial charge in [-0.25, -0.2) is 0 Å². The molecular formula is C10H12F3NO2. The summed E-state index contributed by atoms with van der Waals surface area (Å²) in [5.41, 5.74) is -0.165. The molecule has 0 N–H and O–H groups in total. The highest BCUT2D eigenvalue weighted by Gasteiger charge is 2.43. The number of nitrogens with zero attached hydrogens (tertiary/aromatic N) is 1. The second-order valence-electron chi connectivity index (χ2n) is 4.12. The summed E-state index contributed by atoms with van der Waals surface area (Å²) < 4.78 is 42.1. The zero-order valence-corrected chi connectivity index (χ0v) is 8.75. The summed E-state index contributed by atoms with van der Waals surface area (Å²) in [6.07, 6.45) is -3.07. The summed E-state index contributed by atoms with van der Waals surface area (Å²) in [5.74, 6) is -1.73. The molecule has 2 aliphatic rings. The zero-order valence-electron chi connectivity index (χ0n) is 8.75. The van der Waals surface area contributed by atoms with E-state index in [1.807, 2.05) is 6.92 Å². The maximum absolute atomic E-state index is 12.2. The Bertz CT molecular complexity index is 337. The Hall–Kier alpha value is -1.04. The van der Waals surface area contributed by atoms with Crippen molar-refractivity contribution in [3.63, 3.8) is 0 Å². The number of allylic oxidation sites excluding steroid dienone is 1. The molecule has 0 aliphatic carbocycles. The van der Waals surface area contributed by atoms with Crippen molar-refractivity contribution in [1.82, 2.24) is 4.90 Å². The highest BCUT2D eigenvalue weighted by molar-refractivity contribution is 5.99. The predicted octanol–water partition coefficient (Wildman–Crippen LogP) is 1.84. The van der Waals surface area contributed by atoms with Gasteiger partial charge in [-0.05, 0) is 19.8 Å². The molecule has 1 fully saturated rings. The summed E-state index contributed by atoms with van der Waals surface area (Å²) in [7, 11) is 0. The van der Waals surface area contributed by atoms with Gasteiger partial charge in [0.1, 0.15) is 6.23 Å². The Morgan fingerprint density at radius 2 is 2.25 bits per heavy atom. The van der Waals surface area contributed by atoms with Crippen molar-refractivity contribution in [3.8, 4) is 0 Å². The van der Waals surface area contributed by atoms with Crippen molar-refractivity contribution in [2.45, 2.75) is 38.3 Å². The Balaban J connectivity index is 2.14. The number of Topliss-reactive ketones (excluding diaryl/α,β-unsaturated/α-hetero) is 1. The smallest absolute Gasteiger partial charge is 0.354 e. The average Bonchev–Trinajstić information content (AvgIpc) is 2.54. The van der Waals surface area contributed by atoms with Crippen molar-refractivity contribution in [2.75, 3.05) is 6.54 Å². The number of ether oxygens (including phenoxy) is 1. The molecule has 0 aromatic heterocycles. The Labute approximate surface area is 90.9 Å². The van der Waals surface area contributed by atoms with Crippen LogP contribution in [0.5, 0.6) is 0 Å². The molecular weight excluding hydrogens is 223 g/mol. The number of alkyl halides is 3. The van der Waals surface area contributed by atoms with Gasteiger partial charge in [0.2, 0.25) is 0 Å². The van der Waals surface area contributed by atoms with Crippen molar-refractivity contribution >= 4 is 5.78 Å². The second kappa shape index (κ2) is 3.76. The molecule has 2 atom stereocenters. The molecule has 2 heterocycles. The molecule has 0 bridgehead atoms. The van der Waals surface area contributed by atoms with Crippen molar-refractivity contribution in [2.24, 2.45) is 0 Å².